The van der Waals surface area contributed by atoms with Crippen LogP contribution < -0.4 is 5.32 Å². The van der Waals surface area contributed by atoms with Crippen molar-refractivity contribution in [1.29, 1.82) is 0 Å². The average Bonchev–Trinajstić information content (AvgIpc) is 1.61. The molecule has 0 heterocycles. The van der Waals surface area contributed by atoms with E-state index in [1.165, 1.54) is 0 Å². The van der Waals surface area contributed by atoms with Gasteiger partial charge in [0, 0.05) is 6.54 Å². The second-order valence-electron chi connectivity index (χ2n) is 1.05. The Hall–Kier alpha value is -0.440. The summed E-state index contributed by atoms with van der Waals surface area (Å²) in [5.41, 5.74) is 0. The van der Waals surface area contributed by atoms with Crippen LogP contribution in [0.3, 0.4) is 0 Å². The highest BCUT2D eigenvalue weighted by atomic mass is 19.3. The van der Waals surface area contributed by atoms with Crippen LogP contribution in [-0.2, 0) is 0 Å². The summed E-state index contributed by atoms with van der Waals surface area (Å²) in [6, 6.07) is 0. The van der Waals surface area contributed by atoms with E-state index in [1.54, 1.807) is 7.05 Å². The molecule has 0 saturated carbocycles. The van der Waals surface area contributed by atoms with Crippen LogP contribution in [0.5, 0.6) is 0 Å². The maximum atomic E-state index is 11.0. The minimum absolute atomic E-state index is 0.238. The summed E-state index contributed by atoms with van der Waals surface area (Å²) in [6.07, 6.45) is -0.811. The van der Waals surface area contributed by atoms with E-state index in [-0.39, 0.29) is 6.54 Å². The van der Waals surface area contributed by atoms with Gasteiger partial charge in [-0.15, -0.1) is 0 Å². The fraction of sp³-hybridized carbons (Fsp3) is 0.500. The number of nitrogens with one attached hydrogen (secondary N) is 1. The quantitative estimate of drug-likeness (QED) is 0.554. The van der Waals surface area contributed by atoms with E-state index in [1.807, 2.05) is 0 Å². The summed E-state index contributed by atoms with van der Waals surface area (Å²) in [7, 11) is 1.61. The Morgan fingerprint density at radius 3 is 2.43 bits per heavy atom. The van der Waals surface area contributed by atoms with Gasteiger partial charge >= 0.3 is 0 Å². The van der Waals surface area contributed by atoms with Gasteiger partial charge in [0.1, 0.15) is 0 Å². The Labute approximate surface area is 41.0 Å². The van der Waals surface area contributed by atoms with Crippen molar-refractivity contribution < 1.29 is 8.78 Å². The fourth-order valence-electron chi connectivity index (χ4n) is 0.179. The standard InChI is InChI=1S/C4H7F2N/c1-7-3-2-4(5)6/h2,7H,3H2,1H3. The van der Waals surface area contributed by atoms with Gasteiger partial charge in [-0.3, -0.25) is 0 Å². The van der Waals surface area contributed by atoms with Gasteiger partial charge in [0.05, 0.1) is 0 Å². The maximum Gasteiger partial charge on any atom is 0.267 e. The Morgan fingerprint density at radius 2 is 2.29 bits per heavy atom. The van der Waals surface area contributed by atoms with E-state index in [4.69, 9.17) is 0 Å². The van der Waals surface area contributed by atoms with Gasteiger partial charge in [-0.05, 0) is 13.1 Å². The Balaban J connectivity index is 3.08. The molecule has 0 aromatic rings. The summed E-state index contributed by atoms with van der Waals surface area (Å²) in [5.74, 6) is 0. The fourth-order valence-corrected chi connectivity index (χ4v) is 0.179. The van der Waals surface area contributed by atoms with E-state index >= 15 is 0 Å². The van der Waals surface area contributed by atoms with Gasteiger partial charge in [0.25, 0.3) is 6.08 Å². The van der Waals surface area contributed by atoms with Crippen LogP contribution in [0.25, 0.3) is 0 Å². The van der Waals surface area contributed by atoms with Gasteiger partial charge in [0.2, 0.25) is 0 Å². The molecule has 1 N–H and O–H groups in total. The van der Waals surface area contributed by atoms with Crippen LogP contribution in [0.1, 0.15) is 0 Å². The number of halogens is 2. The monoisotopic (exact) mass is 107 g/mol. The van der Waals surface area contributed by atoms with Crippen molar-refractivity contribution in [2.24, 2.45) is 0 Å². The Kier molecular flexibility index (Phi) is 3.50. The van der Waals surface area contributed by atoms with Crippen molar-refractivity contribution in [3.05, 3.63) is 12.2 Å². The van der Waals surface area contributed by atoms with Crippen molar-refractivity contribution in [2.75, 3.05) is 13.6 Å². The zero-order valence-corrected chi connectivity index (χ0v) is 4.04. The maximum absolute atomic E-state index is 11.0. The molecule has 0 spiro atoms. The molecule has 0 aliphatic heterocycles. The van der Waals surface area contributed by atoms with Gasteiger partial charge in [-0.2, -0.15) is 8.78 Å². The van der Waals surface area contributed by atoms with Crippen molar-refractivity contribution in [3.8, 4) is 0 Å². The van der Waals surface area contributed by atoms with E-state index < -0.39 is 6.08 Å². The molecule has 0 atom stereocenters. The van der Waals surface area contributed by atoms with Crippen LogP contribution in [-0.4, -0.2) is 13.6 Å². The summed E-state index contributed by atoms with van der Waals surface area (Å²) in [4.78, 5) is 0. The highest BCUT2D eigenvalue weighted by Crippen LogP contribution is 1.92. The molecule has 0 fully saturated rings. The molecule has 0 amide bonds. The molecule has 0 aliphatic carbocycles. The number of hydrogen-bond donors (Lipinski definition) is 1. The van der Waals surface area contributed by atoms with Crippen molar-refractivity contribution in [3.63, 3.8) is 0 Å². The first-order valence-corrected chi connectivity index (χ1v) is 1.93. The highest BCUT2D eigenvalue weighted by Gasteiger charge is 1.81. The lowest BCUT2D eigenvalue weighted by molar-refractivity contribution is 0.418. The number of rotatable bonds is 2. The zero-order chi connectivity index (χ0) is 5.70. The molecule has 0 saturated heterocycles. The third kappa shape index (κ3) is 5.56. The summed E-state index contributed by atoms with van der Waals surface area (Å²) >= 11 is 0. The van der Waals surface area contributed by atoms with Gasteiger partial charge in [0.15, 0.2) is 0 Å². The summed E-state index contributed by atoms with van der Waals surface area (Å²) in [6.45, 7) is 0.238. The van der Waals surface area contributed by atoms with Gasteiger partial charge in [-0.25, -0.2) is 0 Å². The van der Waals surface area contributed by atoms with Crippen molar-refractivity contribution >= 4 is 0 Å². The van der Waals surface area contributed by atoms with Gasteiger partial charge < -0.3 is 5.32 Å². The van der Waals surface area contributed by atoms with Crippen LogP contribution in [0.15, 0.2) is 12.2 Å². The molecule has 3 heteroatoms. The Bertz CT molecular complexity index is 66.1. The predicted molar refractivity (Wildman–Crippen MR) is 24.2 cm³/mol. The minimum atomic E-state index is -1.63. The summed E-state index contributed by atoms with van der Waals surface area (Å²) in [5, 5.41) is 2.54. The smallest absolute Gasteiger partial charge is 0.267 e. The molecule has 42 valence electrons. The van der Waals surface area contributed by atoms with Crippen LogP contribution in [0.4, 0.5) is 8.78 Å². The molecule has 0 rings (SSSR count). The molecule has 1 nitrogen and oxygen atoms in total. The topological polar surface area (TPSA) is 12.0 Å². The van der Waals surface area contributed by atoms with E-state index in [2.05, 4.69) is 5.32 Å². The number of likely N-dealkylation sites (N-methyl/N-ethyl adjacent to an activating group) is 1. The first kappa shape index (κ1) is 6.56. The van der Waals surface area contributed by atoms with E-state index in [0.717, 1.165) is 6.08 Å². The van der Waals surface area contributed by atoms with Crippen LogP contribution >= 0.6 is 0 Å². The second-order valence-corrected chi connectivity index (χ2v) is 1.05. The van der Waals surface area contributed by atoms with Crippen LogP contribution in [0, 0.1) is 0 Å². The molecular weight excluding hydrogens is 100 g/mol. The first-order chi connectivity index (χ1) is 3.27. The largest absolute Gasteiger partial charge is 0.316 e. The highest BCUT2D eigenvalue weighted by molar-refractivity contribution is 4.81. The normalized spacial score (nSPS) is 8.43. The summed E-state index contributed by atoms with van der Waals surface area (Å²) < 4.78 is 22.1. The molecule has 0 aromatic carbocycles. The molecule has 0 aliphatic rings. The molecule has 0 aromatic heterocycles. The number of hydrogen-bond acceptors (Lipinski definition) is 1. The lowest BCUT2D eigenvalue weighted by Crippen LogP contribution is -2.03. The van der Waals surface area contributed by atoms with Gasteiger partial charge in [-0.1, -0.05) is 0 Å². The van der Waals surface area contributed by atoms with Crippen molar-refractivity contribution in [1.82, 2.24) is 5.32 Å². The zero-order valence-electron chi connectivity index (χ0n) is 4.04. The minimum Gasteiger partial charge on any atom is -0.316 e. The molecule has 7 heavy (non-hydrogen) atoms. The van der Waals surface area contributed by atoms with E-state index in [9.17, 15) is 8.78 Å². The third-order valence-electron chi connectivity index (χ3n) is 0.460. The van der Waals surface area contributed by atoms with Crippen LogP contribution in [0.2, 0.25) is 0 Å². The lowest BCUT2D eigenvalue weighted by Gasteiger charge is -1.82. The molecule has 0 radical (unpaired) electrons. The first-order valence-electron chi connectivity index (χ1n) is 1.93. The molecule has 0 bridgehead atoms. The predicted octanol–water partition coefficient (Wildman–Crippen LogP) is 0.986. The second kappa shape index (κ2) is 3.74. The lowest BCUT2D eigenvalue weighted by atomic mass is 10.6. The molecular formula is C4H7F2N. The Morgan fingerprint density at radius 1 is 1.71 bits per heavy atom. The third-order valence-corrected chi connectivity index (χ3v) is 0.460. The van der Waals surface area contributed by atoms with Crippen molar-refractivity contribution in [2.45, 2.75) is 0 Å². The average molecular weight is 107 g/mol. The van der Waals surface area contributed by atoms with E-state index in [0.29, 0.717) is 0 Å². The SMILES string of the molecule is CNCC=C(F)F. The molecule has 0 unspecified atom stereocenters.